The van der Waals surface area contributed by atoms with Crippen LogP contribution >= 0.6 is 0 Å². The number of nitrogens with two attached hydrogens (primary N) is 1. The second kappa shape index (κ2) is 9.05. The first-order valence-corrected chi connectivity index (χ1v) is 10.1. The van der Waals surface area contributed by atoms with Crippen LogP contribution in [-0.4, -0.2) is 32.4 Å². The van der Waals surface area contributed by atoms with Crippen molar-refractivity contribution in [1.29, 1.82) is 0 Å². The molecule has 24 heavy (non-hydrogen) atoms. The fourth-order valence-corrected chi connectivity index (χ4v) is 3.61. The van der Waals surface area contributed by atoms with E-state index in [-0.39, 0.29) is 5.94 Å². The summed E-state index contributed by atoms with van der Waals surface area (Å²) in [7, 11) is -3.46. The summed E-state index contributed by atoms with van der Waals surface area (Å²) < 4.78 is 32.1. The van der Waals surface area contributed by atoms with Gasteiger partial charge >= 0.3 is 0 Å². The van der Waals surface area contributed by atoms with Gasteiger partial charge in [-0.1, -0.05) is 19.8 Å². The fourth-order valence-electron chi connectivity index (χ4n) is 2.80. The number of aromatic amines is 1. The summed E-state index contributed by atoms with van der Waals surface area (Å²) >= 11 is 0. The summed E-state index contributed by atoms with van der Waals surface area (Å²) in [5, 5.41) is 0.988. The molecule has 0 spiro atoms. The largest absolute Gasteiger partial charge is 0.476 e. The number of sulfonamides is 1. The molecule has 6 nitrogen and oxygen atoms in total. The van der Waals surface area contributed by atoms with Gasteiger partial charge in [-0.3, -0.25) is 0 Å². The molecule has 0 bridgehead atoms. The number of aromatic nitrogens is 1. The summed E-state index contributed by atoms with van der Waals surface area (Å²) in [5.41, 5.74) is 6.59. The number of nitrogens with one attached hydrogen (secondary N) is 2. The Labute approximate surface area is 143 Å². The van der Waals surface area contributed by atoms with E-state index in [9.17, 15) is 8.42 Å². The molecule has 7 heteroatoms. The third-order valence-corrected chi connectivity index (χ3v) is 5.12. The molecular weight excluding hydrogens is 326 g/mol. The predicted molar refractivity (Wildman–Crippen MR) is 97.4 cm³/mol. The summed E-state index contributed by atoms with van der Waals surface area (Å²) in [6.07, 6.45) is 5.73. The second-order valence-electron chi connectivity index (χ2n) is 6.02. The molecule has 0 fully saturated rings. The van der Waals surface area contributed by atoms with Crippen molar-refractivity contribution in [2.24, 2.45) is 11.7 Å². The minimum Gasteiger partial charge on any atom is -0.476 e. The molecule has 134 valence electrons. The highest BCUT2D eigenvalue weighted by Crippen LogP contribution is 2.20. The maximum Gasteiger partial charge on any atom is 0.246 e. The van der Waals surface area contributed by atoms with Crippen molar-refractivity contribution in [3.63, 3.8) is 0 Å². The minimum atomic E-state index is -3.46. The van der Waals surface area contributed by atoms with Gasteiger partial charge in [0.15, 0.2) is 0 Å². The highest BCUT2D eigenvalue weighted by atomic mass is 32.2. The molecule has 0 radical (unpaired) electrons. The van der Waals surface area contributed by atoms with Gasteiger partial charge in [-0.25, -0.2) is 13.1 Å². The monoisotopic (exact) mass is 353 g/mol. The first-order chi connectivity index (χ1) is 11.5. The van der Waals surface area contributed by atoms with Crippen LogP contribution in [0.15, 0.2) is 30.5 Å². The number of ether oxygens (including phenoxy) is 1. The van der Waals surface area contributed by atoms with Crippen LogP contribution in [0, 0.1) is 5.92 Å². The molecule has 0 amide bonds. The van der Waals surface area contributed by atoms with E-state index in [0.717, 1.165) is 36.6 Å². The van der Waals surface area contributed by atoms with E-state index in [0.29, 0.717) is 24.8 Å². The Bertz CT molecular complexity index is 722. The number of fused-ring (bicyclic) bond motifs is 1. The Morgan fingerprint density at radius 1 is 1.25 bits per heavy atom. The molecule has 0 aliphatic heterocycles. The number of benzene rings is 1. The van der Waals surface area contributed by atoms with Crippen molar-refractivity contribution < 1.29 is 13.2 Å². The molecule has 1 heterocycles. The van der Waals surface area contributed by atoms with E-state index < -0.39 is 10.0 Å². The maximum atomic E-state index is 12.0. The van der Waals surface area contributed by atoms with Crippen LogP contribution < -0.4 is 15.2 Å². The zero-order valence-corrected chi connectivity index (χ0v) is 14.9. The number of hydrogen-bond acceptors (Lipinski definition) is 4. The number of H-pyrrole nitrogens is 1. The van der Waals surface area contributed by atoms with Crippen LogP contribution in [-0.2, 0) is 10.0 Å². The van der Waals surface area contributed by atoms with Crippen LogP contribution in [0.3, 0.4) is 0 Å². The van der Waals surface area contributed by atoms with Crippen LogP contribution in [0.5, 0.6) is 5.75 Å². The average Bonchev–Trinajstić information content (AvgIpc) is 3.01. The zero-order valence-electron chi connectivity index (χ0n) is 14.1. The van der Waals surface area contributed by atoms with Gasteiger partial charge in [0.05, 0.1) is 0 Å². The highest BCUT2D eigenvalue weighted by Gasteiger charge is 2.13. The molecule has 1 unspecified atom stereocenters. The van der Waals surface area contributed by atoms with Crippen molar-refractivity contribution >= 4 is 20.9 Å². The Kier molecular flexibility index (Phi) is 7.08. The average molecular weight is 353 g/mol. The topological polar surface area (TPSA) is 97.2 Å². The molecule has 0 aliphatic carbocycles. The van der Waals surface area contributed by atoms with Gasteiger partial charge in [-0.15, -0.1) is 0 Å². The molecule has 2 rings (SSSR count). The normalized spacial score (nSPS) is 13.2. The SMILES string of the molecule is CCCC(CCN)CCNS(=O)(=O)COc1ccc2[nH]ccc2c1. The van der Waals surface area contributed by atoms with E-state index >= 15 is 0 Å². The number of rotatable bonds is 11. The van der Waals surface area contributed by atoms with Gasteiger partial charge in [0.25, 0.3) is 0 Å². The highest BCUT2D eigenvalue weighted by molar-refractivity contribution is 7.89. The molecule has 2 aromatic rings. The Morgan fingerprint density at radius 2 is 2.08 bits per heavy atom. The summed E-state index contributed by atoms with van der Waals surface area (Å²) in [4.78, 5) is 3.08. The lowest BCUT2D eigenvalue weighted by molar-refractivity contribution is 0.372. The lowest BCUT2D eigenvalue weighted by atomic mass is 9.96. The third kappa shape index (κ3) is 5.81. The molecule has 0 saturated heterocycles. The first-order valence-electron chi connectivity index (χ1n) is 8.41. The van der Waals surface area contributed by atoms with Gasteiger partial charge in [0.1, 0.15) is 5.75 Å². The quantitative estimate of drug-likeness (QED) is 0.578. The van der Waals surface area contributed by atoms with Crippen molar-refractivity contribution in [3.8, 4) is 5.75 Å². The third-order valence-electron chi connectivity index (χ3n) is 4.05. The van der Waals surface area contributed by atoms with E-state index in [4.69, 9.17) is 10.5 Å². The molecule has 4 N–H and O–H groups in total. The van der Waals surface area contributed by atoms with Crippen molar-refractivity contribution in [2.45, 2.75) is 32.6 Å². The lowest BCUT2D eigenvalue weighted by Crippen LogP contribution is -2.30. The molecule has 0 saturated carbocycles. The van der Waals surface area contributed by atoms with Gasteiger partial charge in [0, 0.05) is 23.6 Å². The van der Waals surface area contributed by atoms with E-state index in [1.807, 2.05) is 24.4 Å². The van der Waals surface area contributed by atoms with Crippen LogP contribution in [0.2, 0.25) is 0 Å². The zero-order chi connectivity index (χ0) is 17.4. The van der Waals surface area contributed by atoms with E-state index in [2.05, 4.69) is 16.6 Å². The van der Waals surface area contributed by atoms with Crippen molar-refractivity contribution in [1.82, 2.24) is 9.71 Å². The molecule has 0 aliphatic rings. The second-order valence-corrected chi connectivity index (χ2v) is 7.77. The van der Waals surface area contributed by atoms with Crippen molar-refractivity contribution in [2.75, 3.05) is 19.0 Å². The van der Waals surface area contributed by atoms with Crippen molar-refractivity contribution in [3.05, 3.63) is 30.5 Å². The molecule has 1 aromatic heterocycles. The summed E-state index contributed by atoms with van der Waals surface area (Å²) in [5.74, 6) is 0.636. The number of hydrogen-bond donors (Lipinski definition) is 3. The minimum absolute atomic E-state index is 0.377. The Balaban J connectivity index is 1.80. The summed E-state index contributed by atoms with van der Waals surface area (Å²) in [6, 6.07) is 7.36. The van der Waals surface area contributed by atoms with Gasteiger partial charge in [-0.2, -0.15) is 0 Å². The molecular formula is C17H27N3O3S. The molecule has 1 aromatic carbocycles. The first kappa shape index (κ1) is 18.8. The fraction of sp³-hybridized carbons (Fsp3) is 0.529. The van der Waals surface area contributed by atoms with Gasteiger partial charge < -0.3 is 15.5 Å². The standard InChI is InChI=1S/C17H27N3O3S/c1-2-3-14(6-9-18)7-11-20-24(21,22)13-23-16-4-5-17-15(12-16)8-10-19-17/h4-5,8,10,12,14,19-20H,2-3,6-7,9,11,13,18H2,1H3. The van der Waals surface area contributed by atoms with E-state index in [1.165, 1.54) is 0 Å². The predicted octanol–water partition coefficient (Wildman–Crippen LogP) is 2.58. The van der Waals surface area contributed by atoms with Crippen LogP contribution in [0.4, 0.5) is 0 Å². The Morgan fingerprint density at radius 3 is 2.83 bits per heavy atom. The van der Waals surface area contributed by atoms with Crippen LogP contribution in [0.1, 0.15) is 32.6 Å². The van der Waals surface area contributed by atoms with Gasteiger partial charge in [0.2, 0.25) is 16.0 Å². The smallest absolute Gasteiger partial charge is 0.246 e. The van der Waals surface area contributed by atoms with E-state index in [1.54, 1.807) is 6.07 Å². The Hall–Kier alpha value is -1.57. The molecule has 1 atom stereocenters. The summed E-state index contributed by atoms with van der Waals surface area (Å²) in [6.45, 7) is 3.19. The van der Waals surface area contributed by atoms with Crippen LogP contribution in [0.25, 0.3) is 10.9 Å². The maximum absolute atomic E-state index is 12.0. The van der Waals surface area contributed by atoms with Gasteiger partial charge in [-0.05, 0) is 49.6 Å². The lowest BCUT2D eigenvalue weighted by Gasteiger charge is -2.15.